The topological polar surface area (TPSA) is 82.3 Å². The summed E-state index contributed by atoms with van der Waals surface area (Å²) in [6.07, 6.45) is 0.776. The van der Waals surface area contributed by atoms with E-state index in [0.717, 1.165) is 29.0 Å². The second-order valence-electron chi connectivity index (χ2n) is 7.53. The molecule has 0 saturated carbocycles. The smallest absolute Gasteiger partial charge is 0.332 e. The number of fused-ring (bicyclic) bond motifs is 1. The van der Waals surface area contributed by atoms with Gasteiger partial charge in [0.1, 0.15) is 17.0 Å². The van der Waals surface area contributed by atoms with Gasteiger partial charge >= 0.3 is 5.69 Å². The second-order valence-corrected chi connectivity index (χ2v) is 8.45. The van der Waals surface area contributed by atoms with Crippen molar-refractivity contribution in [2.24, 2.45) is 0 Å². The van der Waals surface area contributed by atoms with Crippen LogP contribution in [0.5, 0.6) is 5.75 Å². The number of anilines is 1. The molecule has 0 spiro atoms. The molecule has 0 unspecified atom stereocenters. The van der Waals surface area contributed by atoms with Crippen LogP contribution in [-0.2, 0) is 24.3 Å². The molecule has 2 aromatic carbocycles. The van der Waals surface area contributed by atoms with Crippen molar-refractivity contribution in [1.82, 2.24) is 9.13 Å². The highest BCUT2D eigenvalue weighted by Gasteiger charge is 2.17. The molecule has 4 rings (SSSR count). The molecule has 0 fully saturated rings. The van der Waals surface area contributed by atoms with Gasteiger partial charge in [0.25, 0.3) is 5.56 Å². The Labute approximate surface area is 194 Å². The van der Waals surface area contributed by atoms with E-state index in [0.29, 0.717) is 16.8 Å². The number of aryl methyl sites for hydroxylation is 1. The second kappa shape index (κ2) is 9.87. The molecule has 0 aliphatic heterocycles. The number of carbonyl (C=O) groups excluding carboxylic acids is 1. The van der Waals surface area contributed by atoms with E-state index in [-0.39, 0.29) is 24.6 Å². The molecule has 4 aromatic rings. The van der Waals surface area contributed by atoms with Crippen LogP contribution >= 0.6 is 11.3 Å². The summed E-state index contributed by atoms with van der Waals surface area (Å²) in [5.74, 6) is 0.403. The van der Waals surface area contributed by atoms with E-state index in [1.165, 1.54) is 20.5 Å². The zero-order valence-corrected chi connectivity index (χ0v) is 19.4. The third kappa shape index (κ3) is 4.75. The quantitative estimate of drug-likeness (QED) is 0.430. The summed E-state index contributed by atoms with van der Waals surface area (Å²) in [7, 11) is 0. The van der Waals surface area contributed by atoms with Gasteiger partial charge in [0.15, 0.2) is 0 Å². The van der Waals surface area contributed by atoms with Crippen molar-refractivity contribution in [3.05, 3.63) is 91.9 Å². The van der Waals surface area contributed by atoms with Crippen molar-refractivity contribution in [2.45, 2.75) is 33.4 Å². The molecule has 33 heavy (non-hydrogen) atoms. The van der Waals surface area contributed by atoms with E-state index >= 15 is 0 Å². The van der Waals surface area contributed by atoms with E-state index in [4.69, 9.17) is 4.74 Å². The van der Waals surface area contributed by atoms with Crippen molar-refractivity contribution >= 4 is 33.1 Å². The highest BCUT2D eigenvalue weighted by Crippen LogP contribution is 2.18. The van der Waals surface area contributed by atoms with Crippen LogP contribution in [-0.4, -0.2) is 21.6 Å². The average Bonchev–Trinajstić information content (AvgIpc) is 3.31. The number of para-hydroxylation sites is 1. The van der Waals surface area contributed by atoms with Gasteiger partial charge in [-0.05, 0) is 54.1 Å². The van der Waals surface area contributed by atoms with Crippen molar-refractivity contribution in [3.63, 3.8) is 0 Å². The van der Waals surface area contributed by atoms with Crippen LogP contribution in [0.3, 0.4) is 0 Å². The fourth-order valence-electron chi connectivity index (χ4n) is 3.75. The van der Waals surface area contributed by atoms with Gasteiger partial charge in [-0.15, -0.1) is 11.3 Å². The zero-order valence-electron chi connectivity index (χ0n) is 18.5. The normalized spacial score (nSPS) is 11.0. The number of benzene rings is 2. The van der Waals surface area contributed by atoms with E-state index < -0.39 is 5.69 Å². The van der Waals surface area contributed by atoms with E-state index in [9.17, 15) is 14.4 Å². The maximum Gasteiger partial charge on any atom is 0.332 e. The van der Waals surface area contributed by atoms with Crippen LogP contribution in [0.15, 0.2) is 69.6 Å². The molecule has 0 saturated heterocycles. The predicted molar refractivity (Wildman–Crippen MR) is 132 cm³/mol. The minimum Gasteiger partial charge on any atom is -0.494 e. The van der Waals surface area contributed by atoms with Gasteiger partial charge in [-0.25, -0.2) is 4.79 Å². The maximum absolute atomic E-state index is 13.3. The third-order valence-electron chi connectivity index (χ3n) is 5.39. The van der Waals surface area contributed by atoms with Crippen molar-refractivity contribution in [2.75, 3.05) is 11.9 Å². The van der Waals surface area contributed by atoms with E-state index in [1.807, 2.05) is 62.4 Å². The van der Waals surface area contributed by atoms with Crippen molar-refractivity contribution in [1.29, 1.82) is 0 Å². The fourth-order valence-corrected chi connectivity index (χ4v) is 4.59. The van der Waals surface area contributed by atoms with Crippen LogP contribution in [0.2, 0.25) is 0 Å². The Hall–Kier alpha value is -3.65. The molecular weight excluding hydrogens is 438 g/mol. The van der Waals surface area contributed by atoms with Crippen LogP contribution in [0.25, 0.3) is 10.2 Å². The standard InChI is InChI=1S/C25H25N3O4S/c1-3-18-7-5-6-8-20(18)26-22(29)16-27-21-13-14-33-23(21)24(30)28(25(27)31)15-17-9-11-19(12-10-17)32-4-2/h5-14H,3-4,15-16H2,1-2H3,(H,26,29). The molecule has 2 aromatic heterocycles. The number of aromatic nitrogens is 2. The first-order valence-corrected chi connectivity index (χ1v) is 11.7. The van der Waals surface area contributed by atoms with Gasteiger partial charge in [0.2, 0.25) is 5.91 Å². The van der Waals surface area contributed by atoms with Gasteiger partial charge in [-0.3, -0.25) is 18.7 Å². The fraction of sp³-hybridized carbons (Fsp3) is 0.240. The largest absolute Gasteiger partial charge is 0.494 e. The Kier molecular flexibility index (Phi) is 6.74. The lowest BCUT2D eigenvalue weighted by Crippen LogP contribution is -2.41. The van der Waals surface area contributed by atoms with Gasteiger partial charge < -0.3 is 10.1 Å². The lowest BCUT2D eigenvalue weighted by Gasteiger charge is -2.14. The van der Waals surface area contributed by atoms with E-state index in [2.05, 4.69) is 5.32 Å². The molecule has 1 amide bonds. The Balaban J connectivity index is 1.67. The number of thiophene rings is 1. The molecule has 0 aliphatic carbocycles. The number of carbonyl (C=O) groups is 1. The molecule has 0 radical (unpaired) electrons. The molecule has 0 atom stereocenters. The molecule has 1 N–H and O–H groups in total. The Morgan fingerprint density at radius 3 is 2.48 bits per heavy atom. The minimum atomic E-state index is -0.515. The van der Waals surface area contributed by atoms with Gasteiger partial charge in [0, 0.05) is 5.69 Å². The number of amides is 1. The Bertz CT molecular complexity index is 1400. The number of nitrogens with one attached hydrogen (secondary N) is 1. The number of hydrogen-bond acceptors (Lipinski definition) is 5. The molecule has 7 nitrogen and oxygen atoms in total. The Morgan fingerprint density at radius 2 is 1.76 bits per heavy atom. The summed E-state index contributed by atoms with van der Waals surface area (Å²) < 4.78 is 8.45. The summed E-state index contributed by atoms with van der Waals surface area (Å²) in [5, 5.41) is 4.66. The minimum absolute atomic E-state index is 0.109. The van der Waals surface area contributed by atoms with Crippen LogP contribution < -0.4 is 21.3 Å². The van der Waals surface area contributed by atoms with Crippen molar-refractivity contribution in [3.8, 4) is 5.75 Å². The summed E-state index contributed by atoms with van der Waals surface area (Å²) in [5.41, 5.74) is 2.13. The number of hydrogen-bond donors (Lipinski definition) is 1. The maximum atomic E-state index is 13.3. The average molecular weight is 464 g/mol. The van der Waals surface area contributed by atoms with E-state index in [1.54, 1.807) is 11.4 Å². The molecule has 0 bridgehead atoms. The summed E-state index contributed by atoms with van der Waals surface area (Å²) >= 11 is 1.26. The van der Waals surface area contributed by atoms with Crippen molar-refractivity contribution < 1.29 is 9.53 Å². The highest BCUT2D eigenvalue weighted by atomic mass is 32.1. The molecular formula is C25H25N3O4S. The number of rotatable bonds is 8. The molecule has 8 heteroatoms. The lowest BCUT2D eigenvalue weighted by atomic mass is 10.1. The first-order chi connectivity index (χ1) is 16.0. The van der Waals surface area contributed by atoms with Gasteiger partial charge in [-0.2, -0.15) is 0 Å². The molecule has 0 aliphatic rings. The first kappa shape index (κ1) is 22.5. The first-order valence-electron chi connectivity index (χ1n) is 10.8. The number of ether oxygens (including phenoxy) is 1. The monoisotopic (exact) mass is 463 g/mol. The summed E-state index contributed by atoms with van der Waals surface area (Å²) in [6.45, 7) is 4.40. The Morgan fingerprint density at radius 1 is 1.00 bits per heavy atom. The zero-order chi connectivity index (χ0) is 23.4. The summed E-state index contributed by atoms with van der Waals surface area (Å²) in [6, 6.07) is 16.6. The SMILES string of the molecule is CCOc1ccc(Cn2c(=O)c3sccc3n(CC(=O)Nc3ccccc3CC)c2=O)cc1. The predicted octanol–water partition coefficient (Wildman–Crippen LogP) is 3.87. The lowest BCUT2D eigenvalue weighted by molar-refractivity contribution is -0.116. The molecule has 2 heterocycles. The summed E-state index contributed by atoms with van der Waals surface area (Å²) in [4.78, 5) is 39.2. The number of nitrogens with zero attached hydrogens (tertiary/aromatic N) is 2. The third-order valence-corrected chi connectivity index (χ3v) is 6.28. The van der Waals surface area contributed by atoms with Crippen LogP contribution in [0, 0.1) is 0 Å². The highest BCUT2D eigenvalue weighted by molar-refractivity contribution is 7.17. The van der Waals surface area contributed by atoms with Gasteiger partial charge in [-0.1, -0.05) is 37.3 Å². The molecule has 170 valence electrons. The van der Waals surface area contributed by atoms with Gasteiger partial charge in [0.05, 0.1) is 18.7 Å². The van der Waals surface area contributed by atoms with Crippen LogP contribution in [0.4, 0.5) is 5.69 Å². The van der Waals surface area contributed by atoms with Crippen LogP contribution in [0.1, 0.15) is 25.0 Å².